The largest absolute Gasteiger partial charge is 0.345 e. The van der Waals surface area contributed by atoms with Gasteiger partial charge in [-0.1, -0.05) is 17.8 Å². The van der Waals surface area contributed by atoms with E-state index in [1.165, 1.54) is 16.7 Å². The van der Waals surface area contributed by atoms with E-state index in [1.807, 2.05) is 17.5 Å². The molecule has 0 fully saturated rings. The van der Waals surface area contributed by atoms with Crippen molar-refractivity contribution in [3.8, 4) is 0 Å². The van der Waals surface area contributed by atoms with Gasteiger partial charge < -0.3 is 10.2 Å². The summed E-state index contributed by atoms with van der Waals surface area (Å²) in [7, 11) is 3.39. The van der Waals surface area contributed by atoms with Crippen LogP contribution in [0.3, 0.4) is 0 Å². The van der Waals surface area contributed by atoms with Crippen molar-refractivity contribution in [1.82, 2.24) is 25.1 Å². The third-order valence-electron chi connectivity index (χ3n) is 3.54. The van der Waals surface area contributed by atoms with E-state index < -0.39 is 0 Å². The molecule has 2 aromatic heterocycles. The minimum atomic E-state index is -0.169. The van der Waals surface area contributed by atoms with Gasteiger partial charge in [-0.05, 0) is 46.1 Å². The highest BCUT2D eigenvalue weighted by Crippen LogP contribution is 2.18. The molecule has 3 aromatic rings. The zero-order chi connectivity index (χ0) is 19.2. The fraction of sp³-hybridized carbons (Fsp3) is 0.235. The Kier molecular flexibility index (Phi) is 6.20. The number of benzene rings is 1. The van der Waals surface area contributed by atoms with Crippen LogP contribution in [0.5, 0.6) is 0 Å². The lowest BCUT2D eigenvalue weighted by atomic mass is 10.2. The van der Waals surface area contributed by atoms with Crippen molar-refractivity contribution in [3.05, 3.63) is 52.2 Å². The molecule has 0 saturated heterocycles. The summed E-state index contributed by atoms with van der Waals surface area (Å²) in [4.78, 5) is 26.7. The van der Waals surface area contributed by atoms with Crippen molar-refractivity contribution in [2.45, 2.75) is 11.7 Å². The van der Waals surface area contributed by atoms with Crippen LogP contribution in [0.25, 0.3) is 0 Å². The number of hydrogen-bond donors (Lipinski definition) is 1. The standard InChI is InChI=1S/C17H18N6O2S2/c1-22(2)16(25)12-5-7-13(8-6-12)18-15(24)11-27-17-19-20-21-23(17)10-14-4-3-9-26-14/h3-9H,10-11H2,1-2H3,(H,18,24). The van der Waals surface area contributed by atoms with Crippen LogP contribution >= 0.6 is 23.1 Å². The predicted molar refractivity (Wildman–Crippen MR) is 105 cm³/mol. The van der Waals surface area contributed by atoms with Gasteiger partial charge in [0.25, 0.3) is 5.91 Å². The number of rotatable bonds is 7. The van der Waals surface area contributed by atoms with Gasteiger partial charge in [0.1, 0.15) is 0 Å². The Morgan fingerprint density at radius 2 is 2.00 bits per heavy atom. The topological polar surface area (TPSA) is 93.0 Å². The van der Waals surface area contributed by atoms with E-state index >= 15 is 0 Å². The fourth-order valence-electron chi connectivity index (χ4n) is 2.23. The van der Waals surface area contributed by atoms with Crippen LogP contribution in [0, 0.1) is 0 Å². The number of thioether (sulfide) groups is 1. The molecule has 0 unspecified atom stereocenters. The van der Waals surface area contributed by atoms with Crippen molar-refractivity contribution in [1.29, 1.82) is 0 Å². The van der Waals surface area contributed by atoms with Gasteiger partial charge in [-0.2, -0.15) is 0 Å². The highest BCUT2D eigenvalue weighted by atomic mass is 32.2. The van der Waals surface area contributed by atoms with E-state index in [0.29, 0.717) is 23.0 Å². The van der Waals surface area contributed by atoms with Crippen LogP contribution in [0.15, 0.2) is 46.9 Å². The molecule has 0 aliphatic heterocycles. The van der Waals surface area contributed by atoms with E-state index in [1.54, 1.807) is 54.4 Å². The molecule has 27 heavy (non-hydrogen) atoms. The number of nitrogens with zero attached hydrogens (tertiary/aromatic N) is 5. The Bertz CT molecular complexity index is 906. The lowest BCUT2D eigenvalue weighted by Gasteiger charge is -2.11. The zero-order valence-corrected chi connectivity index (χ0v) is 16.5. The molecule has 0 aliphatic carbocycles. The molecule has 0 saturated carbocycles. The second-order valence-electron chi connectivity index (χ2n) is 5.81. The minimum absolute atomic E-state index is 0.0824. The van der Waals surface area contributed by atoms with Crippen molar-refractivity contribution >= 4 is 40.6 Å². The Morgan fingerprint density at radius 1 is 1.22 bits per heavy atom. The third kappa shape index (κ3) is 5.14. The molecule has 2 heterocycles. The first-order chi connectivity index (χ1) is 13.0. The van der Waals surface area contributed by atoms with Gasteiger partial charge in [0.15, 0.2) is 0 Å². The van der Waals surface area contributed by atoms with E-state index in [0.717, 1.165) is 4.88 Å². The second-order valence-corrected chi connectivity index (χ2v) is 7.79. The average Bonchev–Trinajstić information content (AvgIpc) is 3.32. The molecule has 140 valence electrons. The van der Waals surface area contributed by atoms with E-state index in [9.17, 15) is 9.59 Å². The molecule has 0 radical (unpaired) electrons. The number of tetrazole rings is 1. The van der Waals surface area contributed by atoms with Crippen LogP contribution in [0.2, 0.25) is 0 Å². The monoisotopic (exact) mass is 402 g/mol. The second kappa shape index (κ2) is 8.78. The Hall–Kier alpha value is -2.72. The number of aromatic nitrogens is 4. The Labute approximate surface area is 164 Å². The van der Waals surface area contributed by atoms with Gasteiger partial charge in [0, 0.05) is 30.2 Å². The molecule has 0 aliphatic rings. The van der Waals surface area contributed by atoms with Crippen molar-refractivity contribution in [2.75, 3.05) is 25.2 Å². The summed E-state index contributed by atoms with van der Waals surface area (Å²) >= 11 is 2.90. The zero-order valence-electron chi connectivity index (χ0n) is 14.8. The first-order valence-corrected chi connectivity index (χ1v) is 9.92. The minimum Gasteiger partial charge on any atom is -0.345 e. The summed E-state index contributed by atoms with van der Waals surface area (Å²) in [5.74, 6) is -0.0678. The van der Waals surface area contributed by atoms with Crippen molar-refractivity contribution in [3.63, 3.8) is 0 Å². The summed E-state index contributed by atoms with van der Waals surface area (Å²) in [5, 5.41) is 17.0. The molecule has 1 aromatic carbocycles. The van der Waals surface area contributed by atoms with Crippen LogP contribution in [0.1, 0.15) is 15.2 Å². The van der Waals surface area contributed by atoms with Gasteiger partial charge >= 0.3 is 0 Å². The van der Waals surface area contributed by atoms with Crippen LogP contribution in [-0.2, 0) is 11.3 Å². The summed E-state index contributed by atoms with van der Waals surface area (Å²) in [6, 6.07) is 10.8. The maximum absolute atomic E-state index is 12.2. The Morgan fingerprint density at radius 3 is 2.67 bits per heavy atom. The summed E-state index contributed by atoms with van der Waals surface area (Å²) in [6.45, 7) is 0.579. The molecular weight excluding hydrogens is 384 g/mol. The lowest BCUT2D eigenvalue weighted by molar-refractivity contribution is -0.113. The maximum Gasteiger partial charge on any atom is 0.253 e. The number of carbonyl (C=O) groups excluding carboxylic acids is 2. The molecule has 0 spiro atoms. The fourth-order valence-corrected chi connectivity index (χ4v) is 3.59. The number of carbonyl (C=O) groups is 2. The molecular formula is C17H18N6O2S2. The van der Waals surface area contributed by atoms with Crippen LogP contribution in [0.4, 0.5) is 5.69 Å². The Balaban J connectivity index is 1.53. The van der Waals surface area contributed by atoms with Gasteiger partial charge in [-0.25, -0.2) is 4.68 Å². The highest BCUT2D eigenvalue weighted by molar-refractivity contribution is 7.99. The SMILES string of the molecule is CN(C)C(=O)c1ccc(NC(=O)CSc2nnnn2Cc2cccs2)cc1. The number of amides is 2. The number of thiophene rings is 1. The quantitative estimate of drug-likeness (QED) is 0.609. The normalized spacial score (nSPS) is 10.6. The number of anilines is 1. The van der Waals surface area contributed by atoms with E-state index in [2.05, 4.69) is 20.8 Å². The van der Waals surface area contributed by atoms with E-state index in [-0.39, 0.29) is 17.6 Å². The molecule has 10 heteroatoms. The van der Waals surface area contributed by atoms with Crippen molar-refractivity contribution < 1.29 is 9.59 Å². The summed E-state index contributed by atoms with van der Waals surface area (Å²) in [6.07, 6.45) is 0. The molecule has 2 amide bonds. The van der Waals surface area contributed by atoms with Gasteiger partial charge in [0.2, 0.25) is 11.1 Å². The summed E-state index contributed by atoms with van der Waals surface area (Å²) in [5.41, 5.74) is 1.20. The lowest BCUT2D eigenvalue weighted by Crippen LogP contribution is -2.21. The number of nitrogens with one attached hydrogen (secondary N) is 1. The molecule has 0 atom stereocenters. The molecule has 8 nitrogen and oxygen atoms in total. The highest BCUT2D eigenvalue weighted by Gasteiger charge is 2.12. The smallest absolute Gasteiger partial charge is 0.253 e. The maximum atomic E-state index is 12.2. The van der Waals surface area contributed by atoms with E-state index in [4.69, 9.17) is 0 Å². The third-order valence-corrected chi connectivity index (χ3v) is 5.36. The van der Waals surface area contributed by atoms with Crippen molar-refractivity contribution in [2.24, 2.45) is 0 Å². The van der Waals surface area contributed by atoms with Gasteiger partial charge in [-0.3, -0.25) is 9.59 Å². The predicted octanol–water partition coefficient (Wildman–Crippen LogP) is 2.22. The van der Waals surface area contributed by atoms with Gasteiger partial charge in [-0.15, -0.1) is 16.4 Å². The molecule has 0 bridgehead atoms. The van der Waals surface area contributed by atoms with Gasteiger partial charge in [0.05, 0.1) is 12.3 Å². The van der Waals surface area contributed by atoms with Crippen LogP contribution in [-0.4, -0.2) is 56.8 Å². The number of hydrogen-bond acceptors (Lipinski definition) is 7. The first kappa shape index (κ1) is 19.1. The summed E-state index contributed by atoms with van der Waals surface area (Å²) < 4.78 is 1.67. The average molecular weight is 403 g/mol. The molecule has 1 N–H and O–H groups in total. The first-order valence-electron chi connectivity index (χ1n) is 8.06. The molecule has 3 rings (SSSR count). The van der Waals surface area contributed by atoms with Crippen LogP contribution < -0.4 is 5.32 Å².